The van der Waals surface area contributed by atoms with Crippen molar-refractivity contribution in [2.24, 2.45) is 0 Å². The highest BCUT2D eigenvalue weighted by Crippen LogP contribution is 2.30. The Bertz CT molecular complexity index is 598. The summed E-state index contributed by atoms with van der Waals surface area (Å²) in [5, 5.41) is 0. The van der Waals surface area contributed by atoms with Gasteiger partial charge in [-0.1, -0.05) is 30.3 Å². The van der Waals surface area contributed by atoms with Crippen molar-refractivity contribution in [3.8, 4) is 0 Å². The van der Waals surface area contributed by atoms with Gasteiger partial charge in [0.25, 0.3) is 0 Å². The van der Waals surface area contributed by atoms with Gasteiger partial charge in [0.15, 0.2) is 0 Å². The van der Waals surface area contributed by atoms with Gasteiger partial charge in [-0.2, -0.15) is 0 Å². The first-order valence-corrected chi connectivity index (χ1v) is 9.00. The van der Waals surface area contributed by atoms with E-state index in [1.807, 2.05) is 39.0 Å². The van der Waals surface area contributed by atoms with Gasteiger partial charge in [-0.15, -0.1) is 0 Å². The van der Waals surface area contributed by atoms with Crippen molar-refractivity contribution in [2.75, 3.05) is 0 Å². The van der Waals surface area contributed by atoms with Gasteiger partial charge in [-0.25, -0.2) is 4.79 Å². The summed E-state index contributed by atoms with van der Waals surface area (Å²) in [4.78, 5) is 12.1. The van der Waals surface area contributed by atoms with E-state index in [9.17, 15) is 4.79 Å². The van der Waals surface area contributed by atoms with E-state index in [1.165, 1.54) is 5.56 Å². The Kier molecular flexibility index (Phi) is 6.65. The molecule has 1 heterocycles. The molecule has 1 fully saturated rings. The summed E-state index contributed by atoms with van der Waals surface area (Å²) < 4.78 is 17.3. The lowest BCUT2D eigenvalue weighted by Gasteiger charge is -2.21. The second-order valence-corrected chi connectivity index (χ2v) is 7.67. The number of esters is 1. The quantitative estimate of drug-likeness (QED) is 0.549. The lowest BCUT2D eigenvalue weighted by Crippen LogP contribution is -2.25. The molecule has 0 radical (unpaired) electrons. The fourth-order valence-electron chi connectivity index (χ4n) is 2.77. The van der Waals surface area contributed by atoms with E-state index in [0.29, 0.717) is 12.2 Å². The average Bonchev–Trinajstić information content (AvgIpc) is 3.00. The van der Waals surface area contributed by atoms with Crippen molar-refractivity contribution in [3.05, 3.63) is 47.2 Å². The Morgan fingerprint density at radius 1 is 1.28 bits per heavy atom. The zero-order valence-electron chi connectivity index (χ0n) is 16.0. The topological polar surface area (TPSA) is 44.8 Å². The lowest BCUT2D eigenvalue weighted by molar-refractivity contribution is -0.150. The number of ether oxygens (including phenoxy) is 3. The van der Waals surface area contributed by atoms with E-state index in [-0.39, 0.29) is 18.2 Å². The maximum atomic E-state index is 12.1. The van der Waals surface area contributed by atoms with Crippen LogP contribution in [-0.2, 0) is 25.6 Å². The van der Waals surface area contributed by atoms with Gasteiger partial charge >= 0.3 is 5.97 Å². The fourth-order valence-corrected chi connectivity index (χ4v) is 2.77. The predicted molar refractivity (Wildman–Crippen MR) is 98.0 cm³/mol. The normalized spacial score (nSPS) is 20.8. The summed E-state index contributed by atoms with van der Waals surface area (Å²) in [7, 11) is 0. The van der Waals surface area contributed by atoms with Crippen LogP contribution in [0.1, 0.15) is 59.4 Å². The van der Waals surface area contributed by atoms with E-state index in [2.05, 4.69) is 19.1 Å². The highest BCUT2D eigenvalue weighted by Gasteiger charge is 2.28. The molecule has 0 amide bonds. The first-order valence-electron chi connectivity index (χ1n) is 9.00. The van der Waals surface area contributed by atoms with E-state index in [4.69, 9.17) is 14.2 Å². The molecule has 0 saturated carbocycles. The number of carbonyl (C=O) groups excluding carboxylic acids is 1. The predicted octanol–water partition coefficient (Wildman–Crippen LogP) is 4.78. The number of benzene rings is 1. The number of hydrogen-bond donors (Lipinski definition) is 0. The second kappa shape index (κ2) is 8.52. The van der Waals surface area contributed by atoms with Crippen LogP contribution in [0.25, 0.3) is 0 Å². The van der Waals surface area contributed by atoms with Gasteiger partial charge in [0, 0.05) is 12.8 Å². The third-order valence-electron chi connectivity index (χ3n) is 4.10. The minimum Gasteiger partial charge on any atom is -0.494 e. The van der Waals surface area contributed by atoms with Crippen LogP contribution in [0.5, 0.6) is 0 Å². The van der Waals surface area contributed by atoms with Crippen LogP contribution in [0, 0.1) is 0 Å². The molecule has 0 aliphatic carbocycles. The Balaban J connectivity index is 1.81. The maximum Gasteiger partial charge on any atom is 0.337 e. The maximum absolute atomic E-state index is 12.1. The van der Waals surface area contributed by atoms with Gasteiger partial charge in [-0.05, 0) is 46.6 Å². The molecular formula is C21H30O4. The third-order valence-corrected chi connectivity index (χ3v) is 4.10. The molecule has 1 aliphatic heterocycles. The van der Waals surface area contributed by atoms with Crippen molar-refractivity contribution < 1.29 is 19.0 Å². The molecule has 4 nitrogen and oxygen atoms in total. The summed E-state index contributed by atoms with van der Waals surface area (Å²) in [6.45, 7) is 10.1. The molecule has 1 aromatic rings. The highest BCUT2D eigenvalue weighted by atomic mass is 16.6. The first-order chi connectivity index (χ1) is 11.7. The van der Waals surface area contributed by atoms with Gasteiger partial charge in [0.05, 0.1) is 18.3 Å². The standard InChI is InChI=1S/C21H30O4/c1-15(23-14-17-9-7-6-8-10-17)13-18-11-12-19(24-18)16(2)20(22)25-21(3,4)5/h6-10,15,18H,11-14H2,1-5H3/b19-16-. The van der Waals surface area contributed by atoms with E-state index >= 15 is 0 Å². The summed E-state index contributed by atoms with van der Waals surface area (Å²) in [6.07, 6.45) is 2.71. The molecule has 2 unspecified atom stereocenters. The number of hydrogen-bond acceptors (Lipinski definition) is 4. The molecule has 0 N–H and O–H groups in total. The van der Waals surface area contributed by atoms with E-state index in [0.717, 1.165) is 25.0 Å². The van der Waals surface area contributed by atoms with Crippen molar-refractivity contribution in [1.82, 2.24) is 0 Å². The summed E-state index contributed by atoms with van der Waals surface area (Å²) in [5.74, 6) is 0.464. The van der Waals surface area contributed by atoms with Crippen molar-refractivity contribution in [2.45, 2.75) is 78.3 Å². The molecule has 1 aromatic carbocycles. The van der Waals surface area contributed by atoms with Gasteiger partial charge in [0.2, 0.25) is 0 Å². The number of allylic oxidation sites excluding steroid dienone is 1. The van der Waals surface area contributed by atoms with Gasteiger partial charge in [0.1, 0.15) is 17.5 Å². The zero-order valence-corrected chi connectivity index (χ0v) is 16.0. The van der Waals surface area contributed by atoms with Crippen LogP contribution in [0.15, 0.2) is 41.7 Å². The van der Waals surface area contributed by atoms with Crippen LogP contribution in [0.3, 0.4) is 0 Å². The summed E-state index contributed by atoms with van der Waals surface area (Å²) in [5.41, 5.74) is 1.26. The van der Waals surface area contributed by atoms with Gasteiger partial charge in [-0.3, -0.25) is 0 Å². The number of carbonyl (C=O) groups is 1. The molecule has 1 saturated heterocycles. The van der Waals surface area contributed by atoms with E-state index in [1.54, 1.807) is 6.92 Å². The lowest BCUT2D eigenvalue weighted by atomic mass is 10.1. The molecular weight excluding hydrogens is 316 g/mol. The van der Waals surface area contributed by atoms with Crippen molar-refractivity contribution in [1.29, 1.82) is 0 Å². The molecule has 138 valence electrons. The molecule has 0 spiro atoms. The average molecular weight is 346 g/mol. The van der Waals surface area contributed by atoms with Gasteiger partial charge < -0.3 is 14.2 Å². The summed E-state index contributed by atoms with van der Waals surface area (Å²) >= 11 is 0. The SMILES string of the molecule is C/C(C(=O)OC(C)(C)C)=C1\CCC(CC(C)OCc2ccccc2)O1. The Hall–Kier alpha value is -1.81. The third kappa shape index (κ3) is 6.54. The number of rotatable bonds is 6. The zero-order chi connectivity index (χ0) is 18.4. The summed E-state index contributed by atoms with van der Waals surface area (Å²) in [6, 6.07) is 10.1. The van der Waals surface area contributed by atoms with Crippen molar-refractivity contribution in [3.63, 3.8) is 0 Å². The molecule has 2 rings (SSSR count). The molecule has 2 atom stereocenters. The monoisotopic (exact) mass is 346 g/mol. The smallest absolute Gasteiger partial charge is 0.337 e. The fraction of sp³-hybridized carbons (Fsp3) is 0.571. The van der Waals surface area contributed by atoms with Crippen LogP contribution >= 0.6 is 0 Å². The van der Waals surface area contributed by atoms with Crippen molar-refractivity contribution >= 4 is 5.97 Å². The van der Waals surface area contributed by atoms with Crippen LogP contribution in [-0.4, -0.2) is 23.8 Å². The largest absolute Gasteiger partial charge is 0.494 e. The molecule has 1 aliphatic rings. The van der Waals surface area contributed by atoms with Crippen LogP contribution < -0.4 is 0 Å². The van der Waals surface area contributed by atoms with E-state index < -0.39 is 5.60 Å². The molecule has 0 aromatic heterocycles. The Morgan fingerprint density at radius 2 is 1.96 bits per heavy atom. The Morgan fingerprint density at radius 3 is 2.60 bits per heavy atom. The minimum absolute atomic E-state index is 0.0955. The molecule has 0 bridgehead atoms. The molecule has 4 heteroatoms. The minimum atomic E-state index is -0.489. The van der Waals surface area contributed by atoms with Crippen LogP contribution in [0.4, 0.5) is 0 Å². The first kappa shape index (κ1) is 19.5. The highest BCUT2D eigenvalue weighted by molar-refractivity contribution is 5.88. The van der Waals surface area contributed by atoms with Crippen LogP contribution in [0.2, 0.25) is 0 Å². The second-order valence-electron chi connectivity index (χ2n) is 7.67. The Labute approximate surface area is 151 Å². The molecule has 25 heavy (non-hydrogen) atoms.